The standard InChI is InChI=1S/C22H29Cl2F2NOSSi/c1-5-30(6-2,7-3)28-21(22-19(23)11-18(29-4)12-20(22)24)14-27-13-15-8-16(25)10-17(26)9-15/h8-12,21,27H,5-7,13-14H2,1-4H3. The van der Waals surface area contributed by atoms with Crippen LogP contribution in [0.4, 0.5) is 8.78 Å². The highest BCUT2D eigenvalue weighted by Gasteiger charge is 2.34. The van der Waals surface area contributed by atoms with E-state index in [0.717, 1.165) is 34.7 Å². The minimum absolute atomic E-state index is 0.311. The molecule has 166 valence electrons. The fraction of sp³-hybridized carbons (Fsp3) is 0.455. The third kappa shape index (κ3) is 6.68. The quantitative estimate of drug-likeness (QED) is 0.255. The molecule has 0 bridgehead atoms. The molecule has 2 nitrogen and oxygen atoms in total. The van der Waals surface area contributed by atoms with E-state index in [-0.39, 0.29) is 6.10 Å². The summed E-state index contributed by atoms with van der Waals surface area (Å²) in [6.45, 7) is 7.24. The maximum Gasteiger partial charge on any atom is 0.192 e. The van der Waals surface area contributed by atoms with Crippen LogP contribution in [0.1, 0.15) is 38.0 Å². The summed E-state index contributed by atoms with van der Waals surface area (Å²) >= 11 is 14.8. The Hall–Kier alpha value is -0.633. The van der Waals surface area contributed by atoms with Crippen LogP contribution in [-0.4, -0.2) is 21.1 Å². The first-order chi connectivity index (χ1) is 14.3. The van der Waals surface area contributed by atoms with Crippen LogP contribution in [0.15, 0.2) is 35.2 Å². The summed E-state index contributed by atoms with van der Waals surface area (Å²) in [4.78, 5) is 0.987. The molecule has 0 heterocycles. The minimum atomic E-state index is -1.96. The Balaban J connectivity index is 2.29. The number of rotatable bonds is 11. The second kappa shape index (κ2) is 11.8. The summed E-state index contributed by atoms with van der Waals surface area (Å²) < 4.78 is 33.7. The molecule has 0 saturated heterocycles. The Labute approximate surface area is 193 Å². The van der Waals surface area contributed by atoms with Gasteiger partial charge in [-0.2, -0.15) is 0 Å². The van der Waals surface area contributed by atoms with Crippen molar-refractivity contribution >= 4 is 43.3 Å². The summed E-state index contributed by atoms with van der Waals surface area (Å²) in [5, 5.41) is 4.42. The molecule has 2 aromatic carbocycles. The predicted molar refractivity (Wildman–Crippen MR) is 127 cm³/mol. The van der Waals surface area contributed by atoms with Gasteiger partial charge in [-0.1, -0.05) is 44.0 Å². The summed E-state index contributed by atoms with van der Waals surface area (Å²) in [7, 11) is -1.96. The maximum atomic E-state index is 13.5. The number of benzene rings is 2. The predicted octanol–water partition coefficient (Wildman–Crippen LogP) is 7.85. The molecular formula is C22H29Cl2F2NOSSi. The van der Waals surface area contributed by atoms with E-state index in [1.807, 2.05) is 18.4 Å². The Bertz CT molecular complexity index is 800. The summed E-state index contributed by atoms with van der Waals surface area (Å²) in [6, 6.07) is 10.3. The molecule has 1 unspecified atom stereocenters. The first-order valence-corrected chi connectivity index (χ1v) is 14.6. The Morgan fingerprint density at radius 3 is 1.97 bits per heavy atom. The average molecular weight is 493 g/mol. The highest BCUT2D eigenvalue weighted by molar-refractivity contribution is 7.98. The smallest absolute Gasteiger partial charge is 0.192 e. The Morgan fingerprint density at radius 2 is 1.50 bits per heavy atom. The van der Waals surface area contributed by atoms with E-state index < -0.39 is 20.0 Å². The van der Waals surface area contributed by atoms with Crippen LogP contribution in [0.2, 0.25) is 28.2 Å². The zero-order chi connectivity index (χ0) is 22.3. The van der Waals surface area contributed by atoms with Crippen molar-refractivity contribution in [2.24, 2.45) is 0 Å². The topological polar surface area (TPSA) is 21.3 Å². The van der Waals surface area contributed by atoms with Crippen LogP contribution < -0.4 is 5.32 Å². The fourth-order valence-corrected chi connectivity index (χ4v) is 7.69. The lowest BCUT2D eigenvalue weighted by molar-refractivity contribution is 0.186. The zero-order valence-corrected chi connectivity index (χ0v) is 21.2. The first-order valence-electron chi connectivity index (χ1n) is 10.1. The van der Waals surface area contributed by atoms with E-state index >= 15 is 0 Å². The van der Waals surface area contributed by atoms with Gasteiger partial charge in [-0.3, -0.25) is 0 Å². The normalized spacial score (nSPS) is 12.9. The number of hydrogen-bond acceptors (Lipinski definition) is 3. The van der Waals surface area contributed by atoms with Gasteiger partial charge in [0.1, 0.15) is 11.6 Å². The zero-order valence-electron chi connectivity index (χ0n) is 17.8. The molecule has 0 aromatic heterocycles. The van der Waals surface area contributed by atoms with Crippen LogP contribution >= 0.6 is 35.0 Å². The number of thioether (sulfide) groups is 1. The van der Waals surface area contributed by atoms with Crippen molar-refractivity contribution in [2.45, 2.75) is 56.4 Å². The van der Waals surface area contributed by atoms with Crippen LogP contribution in [0.5, 0.6) is 0 Å². The molecule has 1 atom stereocenters. The SMILES string of the molecule is CC[Si](CC)(CC)OC(CNCc1cc(F)cc(F)c1)c1c(Cl)cc(SC)cc1Cl. The number of halogens is 4. The molecule has 0 saturated carbocycles. The Kier molecular flexibility index (Phi) is 10.1. The first kappa shape index (κ1) is 25.6. The van der Waals surface area contributed by atoms with E-state index in [0.29, 0.717) is 28.7 Å². The van der Waals surface area contributed by atoms with E-state index in [9.17, 15) is 8.78 Å². The molecule has 0 amide bonds. The van der Waals surface area contributed by atoms with Gasteiger partial charge in [-0.25, -0.2) is 8.78 Å². The highest BCUT2D eigenvalue weighted by atomic mass is 35.5. The number of hydrogen-bond donors (Lipinski definition) is 1. The lowest BCUT2D eigenvalue weighted by Crippen LogP contribution is -2.40. The van der Waals surface area contributed by atoms with Gasteiger partial charge in [0.05, 0.1) is 6.10 Å². The summed E-state index contributed by atoms with van der Waals surface area (Å²) in [6.07, 6.45) is 1.63. The highest BCUT2D eigenvalue weighted by Crippen LogP contribution is 2.39. The third-order valence-corrected chi connectivity index (χ3v) is 11.5. The second-order valence-corrected chi connectivity index (χ2v) is 13.7. The van der Waals surface area contributed by atoms with Gasteiger partial charge < -0.3 is 9.74 Å². The molecule has 2 rings (SSSR count). The van der Waals surface area contributed by atoms with Gasteiger partial charge in [0.25, 0.3) is 0 Å². The van der Waals surface area contributed by atoms with Crippen LogP contribution in [0, 0.1) is 11.6 Å². The average Bonchev–Trinajstić information content (AvgIpc) is 2.70. The lowest BCUT2D eigenvalue weighted by Gasteiger charge is -2.34. The fourth-order valence-electron chi connectivity index (χ4n) is 3.55. The third-order valence-electron chi connectivity index (χ3n) is 5.52. The van der Waals surface area contributed by atoms with Crippen molar-refractivity contribution in [1.82, 2.24) is 5.32 Å². The van der Waals surface area contributed by atoms with Gasteiger partial charge in [-0.05, 0) is 54.2 Å². The molecule has 0 aliphatic rings. The van der Waals surface area contributed by atoms with Crippen molar-refractivity contribution in [3.05, 3.63) is 63.1 Å². The molecule has 0 aliphatic carbocycles. The monoisotopic (exact) mass is 491 g/mol. The molecule has 0 spiro atoms. The van der Waals surface area contributed by atoms with Crippen molar-refractivity contribution < 1.29 is 13.2 Å². The lowest BCUT2D eigenvalue weighted by atomic mass is 10.1. The van der Waals surface area contributed by atoms with E-state index in [1.54, 1.807) is 11.8 Å². The minimum Gasteiger partial charge on any atom is -0.409 e. The summed E-state index contributed by atoms with van der Waals surface area (Å²) in [5.74, 6) is -1.18. The summed E-state index contributed by atoms with van der Waals surface area (Å²) in [5.41, 5.74) is 1.30. The van der Waals surface area contributed by atoms with Crippen molar-refractivity contribution in [3.8, 4) is 0 Å². The van der Waals surface area contributed by atoms with Gasteiger partial charge >= 0.3 is 0 Å². The van der Waals surface area contributed by atoms with Gasteiger partial charge in [0.2, 0.25) is 0 Å². The number of nitrogens with one attached hydrogen (secondary N) is 1. The Morgan fingerprint density at radius 1 is 0.967 bits per heavy atom. The van der Waals surface area contributed by atoms with E-state index in [4.69, 9.17) is 27.6 Å². The van der Waals surface area contributed by atoms with Gasteiger partial charge in [0, 0.05) is 39.7 Å². The van der Waals surface area contributed by atoms with Crippen LogP contribution in [0.25, 0.3) is 0 Å². The largest absolute Gasteiger partial charge is 0.409 e. The van der Waals surface area contributed by atoms with E-state index in [1.165, 1.54) is 12.1 Å². The van der Waals surface area contributed by atoms with Crippen molar-refractivity contribution in [1.29, 1.82) is 0 Å². The molecule has 0 aliphatic heterocycles. The van der Waals surface area contributed by atoms with Crippen LogP contribution in [-0.2, 0) is 11.0 Å². The molecule has 1 N–H and O–H groups in total. The van der Waals surface area contributed by atoms with Crippen LogP contribution in [0.3, 0.4) is 0 Å². The molecule has 8 heteroatoms. The molecule has 0 radical (unpaired) electrons. The molecular weight excluding hydrogens is 463 g/mol. The molecule has 2 aromatic rings. The second-order valence-electron chi connectivity index (χ2n) is 7.26. The maximum absolute atomic E-state index is 13.5. The van der Waals surface area contributed by atoms with E-state index in [2.05, 4.69) is 26.1 Å². The van der Waals surface area contributed by atoms with Crippen molar-refractivity contribution in [3.63, 3.8) is 0 Å². The molecule has 0 fully saturated rings. The molecule has 30 heavy (non-hydrogen) atoms. The van der Waals surface area contributed by atoms with Gasteiger partial charge in [0.15, 0.2) is 8.32 Å². The van der Waals surface area contributed by atoms with Crippen molar-refractivity contribution in [2.75, 3.05) is 12.8 Å². The van der Waals surface area contributed by atoms with Gasteiger partial charge in [-0.15, -0.1) is 11.8 Å².